The molecule has 6 atom stereocenters. The van der Waals surface area contributed by atoms with Crippen LogP contribution in [0.2, 0.25) is 0 Å². The zero-order valence-electron chi connectivity index (χ0n) is 23.4. The van der Waals surface area contributed by atoms with E-state index in [1.165, 1.54) is 0 Å². The van der Waals surface area contributed by atoms with Crippen LogP contribution in [0.1, 0.15) is 47.0 Å². The molecular weight excluding hydrogens is 490 g/mol. The standard InChI is InChI=1S/C28H45N3O7/c1-6-11-30(13-12-29-14-16-36-17-15-29)25(34)23-28-10-9-27(7-2,38-28)22(26(35)37-8-3)21(28)24(33)31(23)20(18-32)19(4)5/h6,19-23,32H,1,7-18H2,2-5H3/t20-,21-,22+,23?,27-,28?/m0/s1. The number of likely N-dealkylation sites (tertiary alicyclic amines) is 1. The third-order valence-electron chi connectivity index (χ3n) is 9.16. The van der Waals surface area contributed by atoms with Crippen molar-refractivity contribution < 1.29 is 33.7 Å². The van der Waals surface area contributed by atoms with Gasteiger partial charge in [-0.15, -0.1) is 6.58 Å². The number of hydrogen-bond donors (Lipinski definition) is 1. The van der Waals surface area contributed by atoms with Gasteiger partial charge in [0.15, 0.2) is 0 Å². The Morgan fingerprint density at radius 2 is 1.97 bits per heavy atom. The molecule has 0 aromatic carbocycles. The average molecular weight is 536 g/mol. The summed E-state index contributed by atoms with van der Waals surface area (Å²) in [7, 11) is 0. The Morgan fingerprint density at radius 3 is 2.55 bits per heavy atom. The molecule has 1 N–H and O–H groups in total. The molecule has 0 saturated carbocycles. The van der Waals surface area contributed by atoms with E-state index in [9.17, 15) is 19.5 Å². The van der Waals surface area contributed by atoms with Crippen LogP contribution in [0.3, 0.4) is 0 Å². The molecule has 214 valence electrons. The van der Waals surface area contributed by atoms with Gasteiger partial charge in [0.2, 0.25) is 11.8 Å². The van der Waals surface area contributed by atoms with Crippen LogP contribution < -0.4 is 0 Å². The number of carbonyl (C=O) groups is 3. The maximum Gasteiger partial charge on any atom is 0.312 e. The van der Waals surface area contributed by atoms with Crippen molar-refractivity contribution in [1.29, 1.82) is 0 Å². The number of fused-ring (bicyclic) bond motifs is 1. The highest BCUT2D eigenvalue weighted by molar-refractivity contribution is 5.98. The quantitative estimate of drug-likeness (QED) is 0.292. The van der Waals surface area contributed by atoms with E-state index in [-0.39, 0.29) is 30.9 Å². The number of aliphatic hydroxyl groups excluding tert-OH is 1. The van der Waals surface area contributed by atoms with Crippen molar-refractivity contribution in [1.82, 2.24) is 14.7 Å². The van der Waals surface area contributed by atoms with E-state index < -0.39 is 41.1 Å². The maximum absolute atomic E-state index is 14.5. The molecule has 10 nitrogen and oxygen atoms in total. The number of hydrogen-bond acceptors (Lipinski definition) is 8. The fourth-order valence-electron chi connectivity index (χ4n) is 7.21. The fraction of sp³-hybridized carbons (Fsp3) is 0.821. The predicted octanol–water partition coefficient (Wildman–Crippen LogP) is 1.07. The van der Waals surface area contributed by atoms with Crippen molar-refractivity contribution in [3.8, 4) is 0 Å². The molecule has 0 aromatic heterocycles. The van der Waals surface area contributed by atoms with E-state index in [2.05, 4.69) is 11.5 Å². The zero-order valence-corrected chi connectivity index (χ0v) is 23.4. The van der Waals surface area contributed by atoms with Crippen molar-refractivity contribution in [3.63, 3.8) is 0 Å². The molecule has 4 aliphatic rings. The molecular formula is C28H45N3O7. The maximum atomic E-state index is 14.5. The van der Waals surface area contributed by atoms with E-state index in [0.717, 1.165) is 13.1 Å². The Morgan fingerprint density at radius 1 is 1.26 bits per heavy atom. The second kappa shape index (κ2) is 11.6. The third kappa shape index (κ3) is 4.67. The molecule has 4 aliphatic heterocycles. The summed E-state index contributed by atoms with van der Waals surface area (Å²) in [6.07, 6.45) is 3.32. The zero-order chi connectivity index (χ0) is 27.7. The second-order valence-electron chi connectivity index (χ2n) is 11.4. The largest absolute Gasteiger partial charge is 0.466 e. The Balaban J connectivity index is 1.73. The lowest BCUT2D eigenvalue weighted by Gasteiger charge is -2.41. The monoisotopic (exact) mass is 535 g/mol. The van der Waals surface area contributed by atoms with E-state index in [4.69, 9.17) is 14.2 Å². The lowest BCUT2D eigenvalue weighted by Crippen LogP contribution is -2.60. The number of morpholine rings is 1. The summed E-state index contributed by atoms with van der Waals surface area (Å²) in [5.41, 5.74) is -1.97. The van der Waals surface area contributed by atoms with E-state index in [1.807, 2.05) is 20.8 Å². The molecule has 4 rings (SSSR count). The number of nitrogens with zero attached hydrogens (tertiary/aromatic N) is 3. The molecule has 0 radical (unpaired) electrons. The fourth-order valence-corrected chi connectivity index (χ4v) is 7.21. The van der Waals surface area contributed by atoms with Crippen molar-refractivity contribution in [2.24, 2.45) is 17.8 Å². The lowest BCUT2D eigenvalue weighted by molar-refractivity contribution is -0.164. The van der Waals surface area contributed by atoms with Crippen LogP contribution in [0.25, 0.3) is 0 Å². The van der Waals surface area contributed by atoms with Gasteiger partial charge in [0.25, 0.3) is 0 Å². The molecule has 38 heavy (non-hydrogen) atoms. The topological polar surface area (TPSA) is 109 Å². The first kappa shape index (κ1) is 29.0. The summed E-state index contributed by atoms with van der Waals surface area (Å²) in [4.78, 5) is 47.6. The number of ether oxygens (including phenoxy) is 3. The van der Waals surface area contributed by atoms with Crippen LogP contribution in [0.5, 0.6) is 0 Å². The van der Waals surface area contributed by atoms with Crippen molar-refractivity contribution in [2.45, 2.75) is 70.2 Å². The number of rotatable bonds is 12. The van der Waals surface area contributed by atoms with E-state index >= 15 is 0 Å². The van der Waals surface area contributed by atoms with E-state index in [1.54, 1.807) is 22.8 Å². The van der Waals surface area contributed by atoms with Crippen molar-refractivity contribution in [3.05, 3.63) is 12.7 Å². The molecule has 4 heterocycles. The van der Waals surface area contributed by atoms with Gasteiger partial charge in [0.1, 0.15) is 17.6 Å². The molecule has 10 heteroatoms. The summed E-state index contributed by atoms with van der Waals surface area (Å²) < 4.78 is 17.7. The van der Waals surface area contributed by atoms with Crippen LogP contribution in [0.15, 0.2) is 12.7 Å². The van der Waals surface area contributed by atoms with Crippen LogP contribution in [-0.2, 0) is 28.6 Å². The lowest BCUT2D eigenvalue weighted by atomic mass is 9.65. The Labute approximate surface area is 226 Å². The van der Waals surface area contributed by atoms with Gasteiger partial charge >= 0.3 is 5.97 Å². The first-order valence-corrected chi connectivity index (χ1v) is 14.2. The molecule has 2 unspecified atom stereocenters. The number of carbonyl (C=O) groups excluding carboxylic acids is 3. The smallest absolute Gasteiger partial charge is 0.312 e. The average Bonchev–Trinajstić information content (AvgIpc) is 3.51. The van der Waals surface area contributed by atoms with E-state index in [0.29, 0.717) is 52.1 Å². The van der Waals surface area contributed by atoms with Gasteiger partial charge in [0.05, 0.1) is 44.0 Å². The first-order chi connectivity index (χ1) is 18.2. The van der Waals surface area contributed by atoms with Gasteiger partial charge in [-0.2, -0.15) is 0 Å². The SMILES string of the molecule is C=CCN(CCN1CCOCC1)C(=O)C1N([C@@H](CO)C(C)C)C(=O)[C@@H]2[C@H](C(=O)OCC)[C@]3(CC)CCC12O3. The van der Waals surface area contributed by atoms with Crippen LogP contribution in [-0.4, -0.2) is 120 Å². The molecule has 2 bridgehead atoms. The number of amides is 2. The number of esters is 1. The highest BCUT2D eigenvalue weighted by atomic mass is 16.6. The molecule has 4 saturated heterocycles. The Kier molecular flexibility index (Phi) is 8.86. The molecule has 0 aliphatic carbocycles. The van der Waals surface area contributed by atoms with Gasteiger partial charge < -0.3 is 29.1 Å². The Hall–Kier alpha value is -2.01. The second-order valence-corrected chi connectivity index (χ2v) is 11.4. The van der Waals surface area contributed by atoms with Gasteiger partial charge in [-0.1, -0.05) is 26.8 Å². The van der Waals surface area contributed by atoms with Gasteiger partial charge in [0, 0.05) is 32.7 Å². The first-order valence-electron chi connectivity index (χ1n) is 14.2. The molecule has 4 fully saturated rings. The summed E-state index contributed by atoms with van der Waals surface area (Å²) in [6.45, 7) is 15.8. The molecule has 2 amide bonds. The highest BCUT2D eigenvalue weighted by Crippen LogP contribution is 2.65. The van der Waals surface area contributed by atoms with Crippen molar-refractivity contribution >= 4 is 17.8 Å². The highest BCUT2D eigenvalue weighted by Gasteiger charge is 2.79. The Bertz CT molecular complexity index is 907. The molecule has 0 aromatic rings. The normalized spacial score (nSPS) is 33.5. The minimum absolute atomic E-state index is 0.103. The minimum Gasteiger partial charge on any atom is -0.466 e. The van der Waals surface area contributed by atoms with Gasteiger partial charge in [-0.05, 0) is 32.1 Å². The van der Waals surface area contributed by atoms with Crippen LogP contribution in [0, 0.1) is 17.8 Å². The van der Waals surface area contributed by atoms with Crippen LogP contribution >= 0.6 is 0 Å². The van der Waals surface area contributed by atoms with Crippen LogP contribution in [0.4, 0.5) is 0 Å². The summed E-state index contributed by atoms with van der Waals surface area (Å²) in [6, 6.07) is -1.51. The third-order valence-corrected chi connectivity index (χ3v) is 9.16. The summed E-state index contributed by atoms with van der Waals surface area (Å²) >= 11 is 0. The summed E-state index contributed by atoms with van der Waals surface area (Å²) in [5, 5.41) is 10.4. The minimum atomic E-state index is -1.14. The number of aliphatic hydroxyl groups is 1. The van der Waals surface area contributed by atoms with Crippen molar-refractivity contribution in [2.75, 3.05) is 59.2 Å². The summed E-state index contributed by atoms with van der Waals surface area (Å²) in [5.74, 6) is -2.65. The van der Waals surface area contributed by atoms with Gasteiger partial charge in [-0.25, -0.2) is 0 Å². The molecule has 1 spiro atoms. The predicted molar refractivity (Wildman–Crippen MR) is 140 cm³/mol. The van der Waals surface area contributed by atoms with Gasteiger partial charge in [-0.3, -0.25) is 19.3 Å².